The summed E-state index contributed by atoms with van der Waals surface area (Å²) in [5.74, 6) is 0.897. The fourth-order valence-corrected chi connectivity index (χ4v) is 3.88. The van der Waals surface area contributed by atoms with E-state index in [1.165, 1.54) is 19.3 Å². The molecule has 0 radical (unpaired) electrons. The number of methoxy groups -OCH3 is 1. The van der Waals surface area contributed by atoms with Gasteiger partial charge in [-0.05, 0) is 52.4 Å². The van der Waals surface area contributed by atoms with Crippen LogP contribution in [0.5, 0.6) is 0 Å². The summed E-state index contributed by atoms with van der Waals surface area (Å²) >= 11 is 0. The van der Waals surface area contributed by atoms with Crippen LogP contribution in [0.15, 0.2) is 4.99 Å². The summed E-state index contributed by atoms with van der Waals surface area (Å²) in [5.41, 5.74) is -0.113. The molecule has 9 heteroatoms. The van der Waals surface area contributed by atoms with Crippen molar-refractivity contribution in [2.75, 3.05) is 66.1 Å². The molecule has 2 rings (SSSR count). The molecule has 0 aromatic rings. The second kappa shape index (κ2) is 13.7. The second-order valence-electron chi connectivity index (χ2n) is 9.53. The molecule has 0 atom stereocenters. The highest BCUT2D eigenvalue weighted by Crippen LogP contribution is 2.44. The smallest absolute Gasteiger partial charge is 0.410 e. The van der Waals surface area contributed by atoms with E-state index >= 15 is 0 Å². The first-order valence-corrected chi connectivity index (χ1v) is 11.5. The summed E-state index contributed by atoms with van der Waals surface area (Å²) in [6, 6.07) is 0. The topological polar surface area (TPSA) is 78.4 Å². The average Bonchev–Trinajstić information content (AvgIpc) is 2.66. The van der Waals surface area contributed by atoms with Crippen LogP contribution in [0.3, 0.4) is 0 Å². The third-order valence-corrected chi connectivity index (χ3v) is 5.91. The van der Waals surface area contributed by atoms with E-state index < -0.39 is 5.60 Å². The fraction of sp³-hybridized carbons (Fsp3) is 0.909. The van der Waals surface area contributed by atoms with Crippen molar-refractivity contribution in [2.24, 2.45) is 10.4 Å². The van der Waals surface area contributed by atoms with Crippen LogP contribution in [0.25, 0.3) is 0 Å². The number of nitrogens with zero attached hydrogens (tertiary/aromatic N) is 3. The monoisotopic (exact) mass is 553 g/mol. The van der Waals surface area contributed by atoms with Gasteiger partial charge >= 0.3 is 6.09 Å². The van der Waals surface area contributed by atoms with Crippen LogP contribution in [0.2, 0.25) is 0 Å². The molecule has 1 aliphatic heterocycles. The van der Waals surface area contributed by atoms with Crippen molar-refractivity contribution in [2.45, 2.75) is 59.0 Å². The van der Waals surface area contributed by atoms with Crippen molar-refractivity contribution < 1.29 is 14.3 Å². The lowest BCUT2D eigenvalue weighted by Gasteiger charge is -2.40. The Hall–Kier alpha value is -0.810. The van der Waals surface area contributed by atoms with Gasteiger partial charge in [0.1, 0.15) is 5.60 Å². The summed E-state index contributed by atoms with van der Waals surface area (Å²) < 4.78 is 10.8. The number of carbonyl (C=O) groups excluding carboxylic acids is 1. The number of aliphatic imine (C=N–C) groups is 1. The van der Waals surface area contributed by atoms with Gasteiger partial charge in [0.05, 0.1) is 0 Å². The van der Waals surface area contributed by atoms with Crippen LogP contribution >= 0.6 is 24.0 Å². The second-order valence-corrected chi connectivity index (χ2v) is 9.53. The van der Waals surface area contributed by atoms with E-state index in [2.05, 4.69) is 22.5 Å². The molecule has 31 heavy (non-hydrogen) atoms. The Morgan fingerprint density at radius 3 is 2.32 bits per heavy atom. The number of ether oxygens (including phenoxy) is 2. The molecule has 0 aromatic heterocycles. The predicted octanol–water partition coefficient (Wildman–Crippen LogP) is 2.92. The Labute approximate surface area is 205 Å². The first kappa shape index (κ1) is 28.2. The van der Waals surface area contributed by atoms with Crippen LogP contribution in [-0.2, 0) is 9.47 Å². The SMILES string of the molecule is CCNC(=NCC1(CCOC)CCC1)NCCN1CCN(C(=O)OC(C)(C)C)CC1.I. The van der Waals surface area contributed by atoms with Gasteiger partial charge in [-0.1, -0.05) is 6.42 Å². The number of hydrogen-bond acceptors (Lipinski definition) is 5. The summed E-state index contributed by atoms with van der Waals surface area (Å²) in [7, 11) is 1.77. The third kappa shape index (κ3) is 10.1. The van der Waals surface area contributed by atoms with E-state index in [0.717, 1.165) is 58.3 Å². The quantitative estimate of drug-likeness (QED) is 0.260. The molecule has 8 nitrogen and oxygen atoms in total. The molecular formula is C22H44IN5O3. The molecule has 0 aromatic carbocycles. The predicted molar refractivity (Wildman–Crippen MR) is 136 cm³/mol. The molecule has 2 aliphatic rings. The molecule has 2 fully saturated rings. The highest BCUT2D eigenvalue weighted by atomic mass is 127. The minimum absolute atomic E-state index is 0. The van der Waals surface area contributed by atoms with Gasteiger partial charge < -0.3 is 25.0 Å². The normalized spacial score (nSPS) is 19.3. The zero-order valence-corrected chi connectivity index (χ0v) is 22.5. The Kier molecular flexibility index (Phi) is 12.4. The molecular weight excluding hydrogens is 509 g/mol. The van der Waals surface area contributed by atoms with Crippen molar-refractivity contribution in [3.8, 4) is 0 Å². The van der Waals surface area contributed by atoms with Crippen molar-refractivity contribution in [1.82, 2.24) is 20.4 Å². The zero-order valence-electron chi connectivity index (χ0n) is 20.2. The number of piperazine rings is 1. The summed E-state index contributed by atoms with van der Waals surface area (Å²) in [6.07, 6.45) is 4.69. The number of amides is 1. The molecule has 1 heterocycles. The van der Waals surface area contributed by atoms with Crippen LogP contribution in [-0.4, -0.2) is 93.5 Å². The van der Waals surface area contributed by atoms with Gasteiger partial charge in [-0.15, -0.1) is 24.0 Å². The Bertz CT molecular complexity index is 556. The number of nitrogens with one attached hydrogen (secondary N) is 2. The lowest BCUT2D eigenvalue weighted by molar-refractivity contribution is 0.0147. The molecule has 1 saturated carbocycles. The average molecular weight is 554 g/mol. The van der Waals surface area contributed by atoms with Crippen LogP contribution < -0.4 is 10.6 Å². The maximum absolute atomic E-state index is 12.2. The third-order valence-electron chi connectivity index (χ3n) is 5.91. The summed E-state index contributed by atoms with van der Waals surface area (Å²) in [5, 5.41) is 6.83. The van der Waals surface area contributed by atoms with E-state index in [9.17, 15) is 4.79 Å². The highest BCUT2D eigenvalue weighted by molar-refractivity contribution is 14.0. The molecule has 0 bridgehead atoms. The van der Waals surface area contributed by atoms with Gasteiger partial charge in [-0.3, -0.25) is 9.89 Å². The van der Waals surface area contributed by atoms with E-state index in [1.54, 1.807) is 12.0 Å². The van der Waals surface area contributed by atoms with Gasteiger partial charge in [-0.25, -0.2) is 4.79 Å². The van der Waals surface area contributed by atoms with E-state index in [1.807, 2.05) is 20.8 Å². The fourth-order valence-electron chi connectivity index (χ4n) is 3.88. The number of hydrogen-bond donors (Lipinski definition) is 2. The van der Waals surface area contributed by atoms with E-state index in [-0.39, 0.29) is 30.1 Å². The van der Waals surface area contributed by atoms with Crippen molar-refractivity contribution in [3.63, 3.8) is 0 Å². The van der Waals surface area contributed by atoms with Gasteiger partial charge in [-0.2, -0.15) is 0 Å². The minimum Gasteiger partial charge on any atom is -0.444 e. The van der Waals surface area contributed by atoms with Gasteiger partial charge in [0.2, 0.25) is 0 Å². The molecule has 1 amide bonds. The van der Waals surface area contributed by atoms with Crippen LogP contribution in [0.1, 0.15) is 53.4 Å². The highest BCUT2D eigenvalue weighted by Gasteiger charge is 2.36. The zero-order chi connectivity index (χ0) is 22.0. The summed E-state index contributed by atoms with van der Waals surface area (Å²) in [6.45, 7) is 15.3. The number of halogens is 1. The first-order valence-electron chi connectivity index (χ1n) is 11.5. The van der Waals surface area contributed by atoms with Crippen molar-refractivity contribution >= 4 is 36.0 Å². The van der Waals surface area contributed by atoms with Crippen LogP contribution in [0.4, 0.5) is 4.79 Å². The molecule has 182 valence electrons. The Morgan fingerprint density at radius 1 is 1.13 bits per heavy atom. The maximum atomic E-state index is 12.2. The Morgan fingerprint density at radius 2 is 1.81 bits per heavy atom. The largest absolute Gasteiger partial charge is 0.444 e. The van der Waals surface area contributed by atoms with E-state index in [0.29, 0.717) is 18.5 Å². The van der Waals surface area contributed by atoms with Gasteiger partial charge in [0.25, 0.3) is 0 Å². The molecule has 0 unspecified atom stereocenters. The van der Waals surface area contributed by atoms with Crippen LogP contribution in [0, 0.1) is 5.41 Å². The summed E-state index contributed by atoms with van der Waals surface area (Å²) in [4.78, 5) is 21.2. The number of rotatable bonds is 9. The molecule has 2 N–H and O–H groups in total. The van der Waals surface area contributed by atoms with Gasteiger partial charge in [0, 0.05) is 66.1 Å². The minimum atomic E-state index is -0.443. The van der Waals surface area contributed by atoms with Crippen molar-refractivity contribution in [1.29, 1.82) is 0 Å². The van der Waals surface area contributed by atoms with E-state index in [4.69, 9.17) is 14.5 Å². The number of guanidine groups is 1. The Balaban J connectivity index is 0.00000480. The lowest BCUT2D eigenvalue weighted by Crippen LogP contribution is -2.51. The lowest BCUT2D eigenvalue weighted by atomic mass is 9.67. The molecule has 0 spiro atoms. The maximum Gasteiger partial charge on any atom is 0.410 e. The number of carbonyl (C=O) groups is 1. The molecule has 1 aliphatic carbocycles. The van der Waals surface area contributed by atoms with Crippen molar-refractivity contribution in [3.05, 3.63) is 0 Å². The first-order chi connectivity index (χ1) is 14.3. The molecule has 1 saturated heterocycles. The standard InChI is InChI=1S/C22H43N5O3.HI/c1-6-23-19(25-18-22(8-7-9-22)10-17-29-5)24-11-12-26-13-15-27(16-14-26)20(28)30-21(2,3)4;/h6-18H2,1-5H3,(H2,23,24,25);1H. The van der Waals surface area contributed by atoms with Gasteiger partial charge in [0.15, 0.2) is 5.96 Å².